The second kappa shape index (κ2) is 5.78. The van der Waals surface area contributed by atoms with Crippen molar-refractivity contribution in [2.45, 2.75) is 39.2 Å². The molecule has 0 aromatic carbocycles. The number of hydrogen-bond donors (Lipinski definition) is 2. The Labute approximate surface area is 122 Å². The number of nitrogens with zero attached hydrogens (tertiary/aromatic N) is 2. The van der Waals surface area contributed by atoms with Gasteiger partial charge in [-0.2, -0.15) is 0 Å². The molecule has 0 saturated carbocycles. The maximum atomic E-state index is 11.8. The van der Waals surface area contributed by atoms with Gasteiger partial charge in [-0.05, 0) is 27.2 Å². The Kier molecular flexibility index (Phi) is 4.27. The van der Waals surface area contributed by atoms with E-state index < -0.39 is 0 Å². The fraction of sp³-hybridized carbons (Fsp3) is 0.615. The van der Waals surface area contributed by atoms with E-state index in [4.69, 9.17) is 0 Å². The van der Waals surface area contributed by atoms with Crippen molar-refractivity contribution in [1.82, 2.24) is 15.6 Å². The largest absolute Gasteiger partial charge is 0.351 e. The number of rotatable bonds is 3. The molecule has 1 aromatic heterocycles. The average molecular weight is 296 g/mol. The van der Waals surface area contributed by atoms with Gasteiger partial charge in [0.25, 0.3) is 0 Å². The number of anilines is 1. The van der Waals surface area contributed by atoms with E-state index in [-0.39, 0.29) is 23.9 Å². The molecule has 1 fully saturated rings. The van der Waals surface area contributed by atoms with Gasteiger partial charge < -0.3 is 10.6 Å². The second-order valence-electron chi connectivity index (χ2n) is 5.83. The summed E-state index contributed by atoms with van der Waals surface area (Å²) in [6, 6.07) is -0.115. The summed E-state index contributed by atoms with van der Waals surface area (Å²) in [7, 11) is 0. The molecule has 1 saturated heterocycles. The molecule has 0 spiro atoms. The lowest BCUT2D eigenvalue weighted by molar-refractivity contribution is -0.121. The maximum Gasteiger partial charge on any atom is 0.323 e. The highest BCUT2D eigenvalue weighted by Gasteiger charge is 2.22. The highest BCUT2D eigenvalue weighted by atomic mass is 32.1. The molecule has 0 radical (unpaired) electrons. The minimum Gasteiger partial charge on any atom is -0.351 e. The summed E-state index contributed by atoms with van der Waals surface area (Å²) in [6.07, 6.45) is 1.15. The van der Waals surface area contributed by atoms with Crippen LogP contribution >= 0.6 is 11.3 Å². The zero-order chi connectivity index (χ0) is 14.8. The zero-order valence-electron chi connectivity index (χ0n) is 12.0. The highest BCUT2D eigenvalue weighted by molar-refractivity contribution is 7.14. The molecular weight excluding hydrogens is 276 g/mol. The van der Waals surface area contributed by atoms with E-state index in [0.29, 0.717) is 23.9 Å². The van der Waals surface area contributed by atoms with E-state index in [2.05, 4.69) is 15.6 Å². The van der Waals surface area contributed by atoms with Crippen LogP contribution in [-0.4, -0.2) is 35.6 Å². The van der Waals surface area contributed by atoms with Crippen LogP contribution in [0.3, 0.4) is 0 Å². The summed E-state index contributed by atoms with van der Waals surface area (Å²) < 4.78 is 0. The smallest absolute Gasteiger partial charge is 0.323 e. The van der Waals surface area contributed by atoms with Gasteiger partial charge in [-0.3, -0.25) is 9.69 Å². The Bertz CT molecular complexity index is 507. The van der Waals surface area contributed by atoms with Crippen LogP contribution in [-0.2, 0) is 11.2 Å². The number of carbonyl (C=O) groups is 2. The summed E-state index contributed by atoms with van der Waals surface area (Å²) in [5.41, 5.74) is 0.452. The molecule has 6 nitrogen and oxygen atoms in total. The molecule has 1 aliphatic rings. The van der Waals surface area contributed by atoms with Crippen molar-refractivity contribution < 1.29 is 9.59 Å². The Morgan fingerprint density at radius 2 is 2.30 bits per heavy atom. The van der Waals surface area contributed by atoms with Gasteiger partial charge in [0.2, 0.25) is 5.91 Å². The first-order valence-corrected chi connectivity index (χ1v) is 7.54. The van der Waals surface area contributed by atoms with E-state index in [0.717, 1.165) is 6.42 Å². The normalized spacial score (nSPS) is 15.9. The van der Waals surface area contributed by atoms with Gasteiger partial charge in [-0.25, -0.2) is 9.78 Å². The standard InChI is InChI=1S/C13H20N4O2S/c1-13(2,3)16-10(18)7-9-8-20-12(15-9)17-6-4-5-14-11(17)19/h8H,4-7H2,1-3H3,(H,14,19)(H,16,18). The molecule has 0 aliphatic carbocycles. The van der Waals surface area contributed by atoms with Crippen LogP contribution in [0.4, 0.5) is 9.93 Å². The summed E-state index contributed by atoms with van der Waals surface area (Å²) in [5.74, 6) is -0.0579. The summed E-state index contributed by atoms with van der Waals surface area (Å²) in [5, 5.41) is 8.17. The van der Waals surface area contributed by atoms with Crippen molar-refractivity contribution in [3.05, 3.63) is 11.1 Å². The van der Waals surface area contributed by atoms with Gasteiger partial charge in [0.05, 0.1) is 12.1 Å². The number of thiazole rings is 1. The first-order chi connectivity index (χ1) is 9.35. The number of urea groups is 1. The number of amides is 3. The minimum atomic E-state index is -0.247. The molecule has 0 bridgehead atoms. The van der Waals surface area contributed by atoms with E-state index >= 15 is 0 Å². The van der Waals surface area contributed by atoms with Gasteiger partial charge in [0, 0.05) is 24.0 Å². The van der Waals surface area contributed by atoms with Gasteiger partial charge in [0.1, 0.15) is 0 Å². The Balaban J connectivity index is 1.98. The molecule has 2 heterocycles. The number of aromatic nitrogens is 1. The first kappa shape index (κ1) is 14.8. The van der Waals surface area contributed by atoms with Crippen LogP contribution < -0.4 is 15.5 Å². The van der Waals surface area contributed by atoms with E-state index in [1.54, 1.807) is 4.90 Å². The molecule has 20 heavy (non-hydrogen) atoms. The van der Waals surface area contributed by atoms with E-state index in [9.17, 15) is 9.59 Å². The SMILES string of the molecule is CC(C)(C)NC(=O)Cc1csc(N2CCCNC2=O)n1. The molecule has 0 atom stereocenters. The highest BCUT2D eigenvalue weighted by Crippen LogP contribution is 2.22. The lowest BCUT2D eigenvalue weighted by Crippen LogP contribution is -2.46. The first-order valence-electron chi connectivity index (χ1n) is 6.66. The lowest BCUT2D eigenvalue weighted by atomic mass is 10.1. The van der Waals surface area contributed by atoms with Crippen LogP contribution in [0.5, 0.6) is 0 Å². The summed E-state index contributed by atoms with van der Waals surface area (Å²) in [6.45, 7) is 7.20. The quantitative estimate of drug-likeness (QED) is 0.888. The molecule has 2 rings (SSSR count). The fourth-order valence-corrected chi connectivity index (χ4v) is 2.79. The molecule has 3 amide bonds. The van der Waals surface area contributed by atoms with Crippen molar-refractivity contribution in [3.63, 3.8) is 0 Å². The van der Waals surface area contributed by atoms with Crippen LogP contribution in [0.15, 0.2) is 5.38 Å². The topological polar surface area (TPSA) is 74.3 Å². The maximum absolute atomic E-state index is 11.8. The van der Waals surface area contributed by atoms with Crippen molar-refractivity contribution in [1.29, 1.82) is 0 Å². The van der Waals surface area contributed by atoms with Gasteiger partial charge in [-0.15, -0.1) is 11.3 Å². The van der Waals surface area contributed by atoms with Crippen LogP contribution in [0, 0.1) is 0 Å². The average Bonchev–Trinajstić information content (AvgIpc) is 2.75. The fourth-order valence-electron chi connectivity index (χ4n) is 1.94. The van der Waals surface area contributed by atoms with Gasteiger partial charge >= 0.3 is 6.03 Å². The van der Waals surface area contributed by atoms with Gasteiger partial charge in [-0.1, -0.05) is 0 Å². The predicted molar refractivity (Wildman–Crippen MR) is 79.1 cm³/mol. The second-order valence-corrected chi connectivity index (χ2v) is 6.67. The minimum absolute atomic E-state index is 0.0579. The Morgan fingerprint density at radius 1 is 1.55 bits per heavy atom. The van der Waals surface area contributed by atoms with Crippen LogP contribution in [0.2, 0.25) is 0 Å². The van der Waals surface area contributed by atoms with Crippen LogP contribution in [0.1, 0.15) is 32.9 Å². The van der Waals surface area contributed by atoms with E-state index in [1.165, 1.54) is 11.3 Å². The molecule has 0 unspecified atom stereocenters. The Hall–Kier alpha value is -1.63. The number of nitrogens with one attached hydrogen (secondary N) is 2. The summed E-state index contributed by atoms with van der Waals surface area (Å²) >= 11 is 1.39. The molecule has 110 valence electrons. The third-order valence-corrected chi connectivity index (χ3v) is 3.62. The van der Waals surface area contributed by atoms with Crippen molar-refractivity contribution >= 4 is 28.4 Å². The molecular formula is C13H20N4O2S. The summed E-state index contributed by atoms with van der Waals surface area (Å²) in [4.78, 5) is 29.6. The third-order valence-electron chi connectivity index (χ3n) is 2.71. The van der Waals surface area contributed by atoms with Gasteiger partial charge in [0.15, 0.2) is 5.13 Å². The van der Waals surface area contributed by atoms with E-state index in [1.807, 2.05) is 26.2 Å². The number of carbonyl (C=O) groups excluding carboxylic acids is 2. The molecule has 7 heteroatoms. The molecule has 2 N–H and O–H groups in total. The van der Waals surface area contributed by atoms with Crippen LogP contribution in [0.25, 0.3) is 0 Å². The Morgan fingerprint density at radius 3 is 2.95 bits per heavy atom. The molecule has 1 aliphatic heterocycles. The lowest BCUT2D eigenvalue weighted by Gasteiger charge is -2.24. The van der Waals surface area contributed by atoms with Crippen molar-refractivity contribution in [2.75, 3.05) is 18.0 Å². The van der Waals surface area contributed by atoms with Crippen molar-refractivity contribution in [3.8, 4) is 0 Å². The van der Waals surface area contributed by atoms with Crippen molar-refractivity contribution in [2.24, 2.45) is 0 Å². The third kappa shape index (κ3) is 3.93. The number of hydrogen-bond acceptors (Lipinski definition) is 4. The molecule has 1 aromatic rings. The predicted octanol–water partition coefficient (Wildman–Crippen LogP) is 1.52. The zero-order valence-corrected chi connectivity index (χ0v) is 12.8. The monoisotopic (exact) mass is 296 g/mol.